The average molecular weight is 409 g/mol. The van der Waals surface area contributed by atoms with Gasteiger partial charge in [0.2, 0.25) is 10.0 Å². The highest BCUT2D eigenvalue weighted by molar-refractivity contribution is 7.88. The summed E-state index contributed by atoms with van der Waals surface area (Å²) in [4.78, 5) is 15.4. The van der Waals surface area contributed by atoms with Gasteiger partial charge in [-0.1, -0.05) is 54.6 Å². The van der Waals surface area contributed by atoms with Gasteiger partial charge in [0.15, 0.2) is 0 Å². The van der Waals surface area contributed by atoms with E-state index in [9.17, 15) is 13.2 Å². The summed E-state index contributed by atoms with van der Waals surface area (Å²) in [5.41, 5.74) is 4.88. The SMILES string of the molecule is CS(=O)(=O)N[C@H]1CCc2cc[nH]c(=O)c2[C@H]1Cc1cccc(-c2ccccc2)c1. The predicted molar refractivity (Wildman–Crippen MR) is 115 cm³/mol. The Morgan fingerprint density at radius 2 is 1.79 bits per heavy atom. The molecular formula is C23H24N2O3S. The summed E-state index contributed by atoms with van der Waals surface area (Å²) in [5.74, 6) is -0.218. The van der Waals surface area contributed by atoms with E-state index in [4.69, 9.17) is 0 Å². The zero-order chi connectivity index (χ0) is 20.4. The Kier molecular flexibility index (Phi) is 5.39. The lowest BCUT2D eigenvalue weighted by atomic mass is 9.77. The molecule has 5 nitrogen and oxygen atoms in total. The van der Waals surface area contributed by atoms with Crippen LogP contribution in [-0.2, 0) is 22.9 Å². The molecule has 0 radical (unpaired) electrons. The van der Waals surface area contributed by atoms with Gasteiger partial charge in [0.1, 0.15) is 0 Å². The molecule has 1 aliphatic carbocycles. The first-order chi connectivity index (χ1) is 13.9. The molecule has 29 heavy (non-hydrogen) atoms. The van der Waals surface area contributed by atoms with Crippen LogP contribution in [0.5, 0.6) is 0 Å². The van der Waals surface area contributed by atoms with Crippen LogP contribution in [-0.4, -0.2) is 25.7 Å². The third-order valence-corrected chi connectivity index (χ3v) is 6.26. The number of H-pyrrole nitrogens is 1. The van der Waals surface area contributed by atoms with Crippen molar-refractivity contribution in [2.45, 2.75) is 31.2 Å². The first-order valence-corrected chi connectivity index (χ1v) is 11.6. The summed E-state index contributed by atoms with van der Waals surface area (Å²) in [6.07, 6.45) is 4.79. The number of rotatable bonds is 5. The van der Waals surface area contributed by atoms with Gasteiger partial charge in [-0.2, -0.15) is 0 Å². The lowest BCUT2D eigenvalue weighted by Crippen LogP contribution is -2.44. The summed E-state index contributed by atoms with van der Waals surface area (Å²) in [7, 11) is -3.38. The maximum Gasteiger partial charge on any atom is 0.251 e. The van der Waals surface area contributed by atoms with Gasteiger partial charge >= 0.3 is 0 Å². The average Bonchev–Trinajstić information content (AvgIpc) is 2.70. The molecule has 0 spiro atoms. The smallest absolute Gasteiger partial charge is 0.251 e. The minimum atomic E-state index is -3.38. The van der Waals surface area contributed by atoms with Gasteiger partial charge in [-0.05, 0) is 47.6 Å². The highest BCUT2D eigenvalue weighted by atomic mass is 32.2. The zero-order valence-corrected chi connectivity index (χ0v) is 17.1. The predicted octanol–water partition coefficient (Wildman–Crippen LogP) is 3.23. The molecule has 2 N–H and O–H groups in total. The molecule has 0 saturated heterocycles. The summed E-state index contributed by atoms with van der Waals surface area (Å²) in [6.45, 7) is 0. The van der Waals surface area contributed by atoms with E-state index < -0.39 is 10.0 Å². The van der Waals surface area contributed by atoms with Gasteiger partial charge < -0.3 is 4.98 Å². The van der Waals surface area contributed by atoms with Crippen LogP contribution in [0.3, 0.4) is 0 Å². The Bertz CT molecular complexity index is 1170. The lowest BCUT2D eigenvalue weighted by molar-refractivity contribution is 0.427. The van der Waals surface area contributed by atoms with Crippen molar-refractivity contribution in [2.24, 2.45) is 0 Å². The van der Waals surface area contributed by atoms with Crippen molar-refractivity contribution in [1.29, 1.82) is 0 Å². The molecule has 2 atom stereocenters. The third-order valence-electron chi connectivity index (χ3n) is 5.53. The first-order valence-electron chi connectivity index (χ1n) is 9.73. The molecule has 6 heteroatoms. The number of benzene rings is 2. The normalized spacial score (nSPS) is 18.9. The molecule has 0 saturated carbocycles. The molecule has 0 unspecified atom stereocenters. The van der Waals surface area contributed by atoms with Crippen LogP contribution in [0.4, 0.5) is 0 Å². The minimum Gasteiger partial charge on any atom is -0.329 e. The molecule has 4 rings (SSSR count). The molecule has 2 aromatic carbocycles. The molecule has 150 valence electrons. The Morgan fingerprint density at radius 3 is 2.55 bits per heavy atom. The fourth-order valence-electron chi connectivity index (χ4n) is 4.29. The summed E-state index contributed by atoms with van der Waals surface area (Å²) < 4.78 is 26.6. The zero-order valence-electron chi connectivity index (χ0n) is 16.3. The lowest BCUT2D eigenvalue weighted by Gasteiger charge is -2.33. The monoisotopic (exact) mass is 408 g/mol. The van der Waals surface area contributed by atoms with E-state index >= 15 is 0 Å². The van der Waals surface area contributed by atoms with Crippen molar-refractivity contribution in [3.63, 3.8) is 0 Å². The van der Waals surface area contributed by atoms with E-state index in [2.05, 4.69) is 34.0 Å². The standard InChI is InChI=1S/C23H24N2O3S/c1-29(27,28)25-21-11-10-18-12-13-24-23(26)22(18)20(21)15-16-6-5-9-19(14-16)17-7-3-2-4-8-17/h2-9,12-14,20-21,25H,10-11,15H2,1H3,(H,24,26)/t20-,21-/m0/s1. The number of sulfonamides is 1. The van der Waals surface area contributed by atoms with Crippen molar-refractivity contribution < 1.29 is 8.42 Å². The maximum absolute atomic E-state index is 12.6. The van der Waals surface area contributed by atoms with E-state index in [0.29, 0.717) is 24.8 Å². The number of hydrogen-bond acceptors (Lipinski definition) is 3. The van der Waals surface area contributed by atoms with Gasteiger partial charge in [-0.15, -0.1) is 0 Å². The quantitative estimate of drug-likeness (QED) is 0.680. The molecule has 1 aliphatic rings. The molecule has 1 aromatic heterocycles. The van der Waals surface area contributed by atoms with Gasteiger partial charge in [0.25, 0.3) is 5.56 Å². The topological polar surface area (TPSA) is 79.0 Å². The fourth-order valence-corrected chi connectivity index (χ4v) is 5.12. The molecule has 0 amide bonds. The fraction of sp³-hybridized carbons (Fsp3) is 0.261. The Labute approximate surface area is 170 Å². The number of aromatic amines is 1. The number of aromatic nitrogens is 1. The molecule has 0 aliphatic heterocycles. The summed E-state index contributed by atoms with van der Waals surface area (Å²) in [5, 5.41) is 0. The van der Waals surface area contributed by atoms with Crippen LogP contribution in [0.2, 0.25) is 0 Å². The molecule has 0 bridgehead atoms. The van der Waals surface area contributed by atoms with Crippen LogP contribution in [0.15, 0.2) is 71.7 Å². The second kappa shape index (κ2) is 7.97. The van der Waals surface area contributed by atoms with Crippen molar-refractivity contribution in [2.75, 3.05) is 6.26 Å². The van der Waals surface area contributed by atoms with E-state index in [1.165, 1.54) is 6.26 Å². The highest BCUT2D eigenvalue weighted by Gasteiger charge is 2.33. The van der Waals surface area contributed by atoms with Crippen LogP contribution in [0.25, 0.3) is 11.1 Å². The van der Waals surface area contributed by atoms with Crippen molar-refractivity contribution in [3.05, 3.63) is 93.9 Å². The van der Waals surface area contributed by atoms with Crippen LogP contribution in [0.1, 0.15) is 29.0 Å². The van der Waals surface area contributed by atoms with Crippen LogP contribution in [0, 0.1) is 0 Å². The minimum absolute atomic E-state index is 0.133. The van der Waals surface area contributed by atoms with Crippen molar-refractivity contribution in [3.8, 4) is 11.1 Å². The van der Waals surface area contributed by atoms with E-state index in [1.54, 1.807) is 6.20 Å². The van der Waals surface area contributed by atoms with Gasteiger partial charge in [-0.25, -0.2) is 13.1 Å². The van der Waals surface area contributed by atoms with Gasteiger partial charge in [-0.3, -0.25) is 4.79 Å². The van der Waals surface area contributed by atoms with E-state index in [1.807, 2.05) is 36.4 Å². The number of fused-ring (bicyclic) bond motifs is 1. The van der Waals surface area contributed by atoms with E-state index in [-0.39, 0.29) is 17.5 Å². The number of hydrogen-bond donors (Lipinski definition) is 2. The van der Waals surface area contributed by atoms with Gasteiger partial charge in [0.05, 0.1) is 6.26 Å². The third kappa shape index (κ3) is 4.49. The Hall–Kier alpha value is -2.70. The number of aryl methyl sites for hydroxylation is 1. The second-order valence-corrected chi connectivity index (χ2v) is 9.44. The Balaban J connectivity index is 1.72. The molecular weight excluding hydrogens is 384 g/mol. The Morgan fingerprint density at radius 1 is 1.03 bits per heavy atom. The van der Waals surface area contributed by atoms with Crippen molar-refractivity contribution in [1.82, 2.24) is 9.71 Å². The van der Waals surface area contributed by atoms with E-state index in [0.717, 1.165) is 22.3 Å². The second-order valence-electron chi connectivity index (χ2n) is 7.66. The number of nitrogens with one attached hydrogen (secondary N) is 2. The maximum atomic E-state index is 12.6. The highest BCUT2D eigenvalue weighted by Crippen LogP contribution is 2.33. The first kappa shape index (κ1) is 19.6. The van der Waals surface area contributed by atoms with Crippen LogP contribution >= 0.6 is 0 Å². The van der Waals surface area contributed by atoms with Gasteiger partial charge in [0, 0.05) is 23.7 Å². The summed E-state index contributed by atoms with van der Waals surface area (Å²) >= 11 is 0. The van der Waals surface area contributed by atoms with Crippen molar-refractivity contribution >= 4 is 10.0 Å². The summed E-state index contributed by atoms with van der Waals surface area (Å²) in [6, 6.07) is 20.0. The molecule has 0 fully saturated rings. The number of pyridine rings is 1. The molecule has 1 heterocycles. The molecule has 3 aromatic rings. The van der Waals surface area contributed by atoms with Crippen LogP contribution < -0.4 is 10.3 Å². The largest absolute Gasteiger partial charge is 0.329 e.